The number of H-pyrrole nitrogens is 1. The van der Waals surface area contributed by atoms with Gasteiger partial charge in [-0.05, 0) is 41.0 Å². The molecule has 2 heterocycles. The lowest BCUT2D eigenvalue weighted by atomic mass is 10.1. The smallest absolute Gasteiger partial charge is 0.490 e. The lowest BCUT2D eigenvalue weighted by Crippen LogP contribution is -2.27. The van der Waals surface area contributed by atoms with Gasteiger partial charge in [-0.15, -0.1) is 0 Å². The summed E-state index contributed by atoms with van der Waals surface area (Å²) in [5, 5.41) is 15.9. The van der Waals surface area contributed by atoms with Crippen LogP contribution in [0.25, 0.3) is 10.8 Å². The van der Waals surface area contributed by atoms with Crippen molar-refractivity contribution in [3.8, 4) is 5.75 Å². The molecule has 0 saturated carbocycles. The third kappa shape index (κ3) is 6.01. The van der Waals surface area contributed by atoms with Crippen LogP contribution in [0.2, 0.25) is 0 Å². The number of hydrogen-bond donors (Lipinski definition) is 4. The monoisotopic (exact) mass is 449 g/mol. The Kier molecular flexibility index (Phi) is 7.37. The van der Waals surface area contributed by atoms with E-state index in [0.717, 1.165) is 24.3 Å². The number of aromatic amines is 1. The van der Waals surface area contributed by atoms with E-state index in [9.17, 15) is 18.0 Å². The molecule has 0 aliphatic carbocycles. The van der Waals surface area contributed by atoms with E-state index < -0.39 is 12.1 Å². The summed E-state index contributed by atoms with van der Waals surface area (Å²) in [5.41, 5.74) is 1.69. The van der Waals surface area contributed by atoms with E-state index in [1.807, 2.05) is 30.5 Å². The predicted molar refractivity (Wildman–Crippen MR) is 112 cm³/mol. The molecule has 0 bridgehead atoms. The number of aromatic nitrogens is 1. The highest BCUT2D eigenvalue weighted by Gasteiger charge is 2.38. The first-order chi connectivity index (χ1) is 15.3. The molecule has 1 unspecified atom stereocenters. The minimum atomic E-state index is -5.08. The van der Waals surface area contributed by atoms with Gasteiger partial charge in [0, 0.05) is 25.3 Å². The fraction of sp³-hybridized carbons (Fsp3) is 0.273. The van der Waals surface area contributed by atoms with Gasteiger partial charge in [0.1, 0.15) is 18.1 Å². The number of rotatable bonds is 5. The molecule has 1 amide bonds. The van der Waals surface area contributed by atoms with E-state index in [2.05, 4.69) is 39.9 Å². The summed E-state index contributed by atoms with van der Waals surface area (Å²) in [6, 6.07) is 16.5. The fourth-order valence-electron chi connectivity index (χ4n) is 3.31. The van der Waals surface area contributed by atoms with Crippen LogP contribution < -0.4 is 15.4 Å². The molecular weight excluding hydrogens is 427 g/mol. The number of alkyl halides is 3. The maximum Gasteiger partial charge on any atom is 0.490 e. The van der Waals surface area contributed by atoms with Crippen molar-refractivity contribution >= 4 is 22.6 Å². The molecule has 2 aromatic carbocycles. The first-order valence-corrected chi connectivity index (χ1v) is 9.86. The van der Waals surface area contributed by atoms with Gasteiger partial charge >= 0.3 is 12.1 Å². The largest absolute Gasteiger partial charge is 0.492 e. The number of fused-ring (bicyclic) bond motifs is 2. The number of hydrogen-bond acceptors (Lipinski definition) is 4. The number of amides is 1. The topological polar surface area (TPSA) is 103 Å². The van der Waals surface area contributed by atoms with Gasteiger partial charge < -0.3 is 25.5 Å². The van der Waals surface area contributed by atoms with Crippen molar-refractivity contribution in [1.82, 2.24) is 15.6 Å². The molecule has 0 saturated heterocycles. The minimum absolute atomic E-state index is 0.0308. The Morgan fingerprint density at radius 1 is 1.16 bits per heavy atom. The number of carbonyl (C=O) groups excluding carboxylic acids is 1. The Hall–Kier alpha value is -3.53. The molecule has 4 N–H and O–H groups in total. The minimum Gasteiger partial charge on any atom is -0.492 e. The molecule has 0 fully saturated rings. The third-order valence-corrected chi connectivity index (χ3v) is 4.83. The van der Waals surface area contributed by atoms with Crippen molar-refractivity contribution in [2.24, 2.45) is 0 Å². The lowest BCUT2D eigenvalue weighted by Gasteiger charge is -2.17. The number of benzene rings is 2. The van der Waals surface area contributed by atoms with E-state index >= 15 is 0 Å². The highest BCUT2D eigenvalue weighted by molar-refractivity contribution is 5.94. The molecule has 3 aromatic rings. The second-order valence-electron chi connectivity index (χ2n) is 7.02. The van der Waals surface area contributed by atoms with Crippen molar-refractivity contribution in [2.45, 2.75) is 18.6 Å². The van der Waals surface area contributed by atoms with Gasteiger partial charge in [-0.25, -0.2) is 4.79 Å². The molecular formula is C22H22F3N3O4. The number of carbonyl (C=O) groups is 2. The van der Waals surface area contributed by atoms with Crippen LogP contribution in [0.1, 0.15) is 28.5 Å². The molecule has 7 nitrogen and oxygen atoms in total. The quantitative estimate of drug-likeness (QED) is 0.446. The normalized spacial score (nSPS) is 15.7. The number of ether oxygens (including phenoxy) is 1. The van der Waals surface area contributed by atoms with Crippen LogP contribution in [0.5, 0.6) is 5.75 Å². The van der Waals surface area contributed by atoms with E-state index in [4.69, 9.17) is 14.6 Å². The van der Waals surface area contributed by atoms with Gasteiger partial charge in [0.15, 0.2) is 0 Å². The Morgan fingerprint density at radius 3 is 2.59 bits per heavy atom. The second-order valence-corrected chi connectivity index (χ2v) is 7.02. The lowest BCUT2D eigenvalue weighted by molar-refractivity contribution is -0.192. The molecule has 0 spiro atoms. The average Bonchev–Trinajstić information content (AvgIpc) is 3.19. The summed E-state index contributed by atoms with van der Waals surface area (Å²) in [7, 11) is 0. The van der Waals surface area contributed by atoms with Gasteiger partial charge in [0.05, 0.1) is 0 Å². The molecule has 1 aromatic heterocycles. The molecule has 10 heteroatoms. The van der Waals surface area contributed by atoms with E-state index in [1.165, 1.54) is 10.8 Å². The van der Waals surface area contributed by atoms with Crippen LogP contribution in [-0.2, 0) is 4.79 Å². The fourth-order valence-corrected chi connectivity index (χ4v) is 3.31. The molecule has 1 aliphatic heterocycles. The zero-order chi connectivity index (χ0) is 23.1. The Morgan fingerprint density at radius 2 is 1.88 bits per heavy atom. The van der Waals surface area contributed by atoms with Crippen molar-refractivity contribution in [2.75, 3.05) is 19.7 Å². The summed E-state index contributed by atoms with van der Waals surface area (Å²) in [6.45, 7) is 1.97. The Balaban J connectivity index is 0.000000360. The van der Waals surface area contributed by atoms with Gasteiger partial charge in [-0.1, -0.05) is 30.3 Å². The number of carboxylic acid groups (broad SMARTS) is 1. The van der Waals surface area contributed by atoms with Crippen molar-refractivity contribution < 1.29 is 32.6 Å². The van der Waals surface area contributed by atoms with Crippen molar-refractivity contribution in [1.29, 1.82) is 0 Å². The molecule has 1 atom stereocenters. The van der Waals surface area contributed by atoms with Crippen molar-refractivity contribution in [3.63, 3.8) is 0 Å². The highest BCUT2D eigenvalue weighted by Crippen LogP contribution is 2.23. The van der Waals surface area contributed by atoms with Gasteiger partial charge in [-0.3, -0.25) is 4.79 Å². The number of halogens is 3. The number of aliphatic carboxylic acids is 1. The van der Waals surface area contributed by atoms with Crippen LogP contribution >= 0.6 is 0 Å². The number of nitrogens with one attached hydrogen (secondary N) is 3. The SMILES string of the molecule is O=C(O)C(F)(F)F.O=C1NCCC(NCCOc2ccc3ccccc3c2)c2cc[nH]c21. The van der Waals surface area contributed by atoms with Crippen LogP contribution in [-0.4, -0.2) is 47.8 Å². The van der Waals surface area contributed by atoms with Gasteiger partial charge in [-0.2, -0.15) is 13.2 Å². The van der Waals surface area contributed by atoms with Crippen molar-refractivity contribution in [3.05, 3.63) is 66.0 Å². The Bertz CT molecular complexity index is 1080. The standard InChI is InChI=1S/C20H21N3O2.C2HF3O2/c24-20-19-17(7-9-22-19)18(8-10-23-20)21-11-12-25-16-6-5-14-3-1-2-4-15(14)13-16;3-2(4,5)1(6)7/h1-7,9,13,18,21-22H,8,10-12H2,(H,23,24);(H,6,7). The zero-order valence-corrected chi connectivity index (χ0v) is 16.9. The van der Waals surface area contributed by atoms with Crippen LogP contribution in [0.4, 0.5) is 13.2 Å². The zero-order valence-electron chi connectivity index (χ0n) is 16.9. The third-order valence-electron chi connectivity index (χ3n) is 4.83. The summed E-state index contributed by atoms with van der Waals surface area (Å²) < 4.78 is 37.6. The maximum absolute atomic E-state index is 11.9. The second kappa shape index (κ2) is 10.2. The van der Waals surface area contributed by atoms with Crippen LogP contribution in [0.15, 0.2) is 54.7 Å². The summed E-state index contributed by atoms with van der Waals surface area (Å²) >= 11 is 0. The number of carboxylic acids is 1. The molecule has 1 aliphatic rings. The van der Waals surface area contributed by atoms with Gasteiger partial charge in [0.2, 0.25) is 0 Å². The molecule has 4 rings (SSSR count). The summed E-state index contributed by atoms with van der Waals surface area (Å²) in [6.07, 6.45) is -2.40. The van der Waals surface area contributed by atoms with Crippen LogP contribution in [0, 0.1) is 0 Å². The highest BCUT2D eigenvalue weighted by atomic mass is 19.4. The van der Waals surface area contributed by atoms with E-state index in [0.29, 0.717) is 18.8 Å². The summed E-state index contributed by atoms with van der Waals surface area (Å²) in [4.78, 5) is 23.9. The molecule has 32 heavy (non-hydrogen) atoms. The summed E-state index contributed by atoms with van der Waals surface area (Å²) in [5.74, 6) is -1.91. The van der Waals surface area contributed by atoms with Crippen LogP contribution in [0.3, 0.4) is 0 Å². The first-order valence-electron chi connectivity index (χ1n) is 9.86. The molecule has 0 radical (unpaired) electrons. The first kappa shape index (κ1) is 23.1. The maximum atomic E-state index is 11.9. The molecule has 170 valence electrons. The predicted octanol–water partition coefficient (Wildman–Crippen LogP) is 3.64. The van der Waals surface area contributed by atoms with E-state index in [-0.39, 0.29) is 11.9 Å². The van der Waals surface area contributed by atoms with E-state index in [1.54, 1.807) is 0 Å². The van der Waals surface area contributed by atoms with Gasteiger partial charge in [0.25, 0.3) is 5.91 Å². The average molecular weight is 449 g/mol. The Labute approximate surface area is 181 Å².